The summed E-state index contributed by atoms with van der Waals surface area (Å²) in [4.78, 5) is 12.0. The minimum Gasteiger partial charge on any atom is -0.348 e. The van der Waals surface area contributed by atoms with Crippen LogP contribution in [0.5, 0.6) is 0 Å². The van der Waals surface area contributed by atoms with Crippen LogP contribution in [0, 0.1) is 12.8 Å². The quantitative estimate of drug-likeness (QED) is 0.841. The number of carbonyl (C=O) groups excluding carboxylic acids is 1. The first-order valence-corrected chi connectivity index (χ1v) is 6.58. The lowest BCUT2D eigenvalue weighted by molar-refractivity contribution is -0.124. The summed E-state index contributed by atoms with van der Waals surface area (Å²) in [6.07, 6.45) is 0.910. The highest BCUT2D eigenvalue weighted by Gasteiger charge is 2.20. The molecule has 100 valence electrons. The second kappa shape index (κ2) is 6.55. The molecule has 0 saturated heterocycles. The summed E-state index contributed by atoms with van der Waals surface area (Å²) in [6.45, 7) is 8.07. The Balaban J connectivity index is 2.61. The summed E-state index contributed by atoms with van der Waals surface area (Å²) in [6, 6.07) is 7.74. The van der Waals surface area contributed by atoms with Crippen molar-refractivity contribution in [1.29, 1.82) is 0 Å². The maximum Gasteiger partial charge on any atom is 0.237 e. The largest absolute Gasteiger partial charge is 0.348 e. The molecule has 0 aliphatic rings. The maximum absolute atomic E-state index is 12.0. The first kappa shape index (κ1) is 14.7. The third-order valence-electron chi connectivity index (χ3n) is 3.50. The molecule has 3 nitrogen and oxygen atoms in total. The van der Waals surface area contributed by atoms with E-state index >= 15 is 0 Å². The van der Waals surface area contributed by atoms with Gasteiger partial charge in [-0.1, -0.05) is 50.1 Å². The number of hydrogen-bond donors (Lipinski definition) is 2. The normalized spacial score (nSPS) is 15.8. The highest BCUT2D eigenvalue weighted by molar-refractivity contribution is 5.82. The van der Waals surface area contributed by atoms with E-state index in [9.17, 15) is 4.79 Å². The highest BCUT2D eigenvalue weighted by Crippen LogP contribution is 2.14. The number of nitrogens with two attached hydrogens (primary N) is 1. The molecule has 0 spiro atoms. The molecule has 0 aromatic heterocycles. The van der Waals surface area contributed by atoms with Gasteiger partial charge in [-0.05, 0) is 25.3 Å². The molecular formula is C15H24N2O. The van der Waals surface area contributed by atoms with Gasteiger partial charge in [0.15, 0.2) is 0 Å². The van der Waals surface area contributed by atoms with Gasteiger partial charge in [0, 0.05) is 0 Å². The first-order valence-electron chi connectivity index (χ1n) is 6.58. The number of benzene rings is 1. The van der Waals surface area contributed by atoms with Crippen LogP contribution in [0.1, 0.15) is 44.4 Å². The summed E-state index contributed by atoms with van der Waals surface area (Å²) < 4.78 is 0. The molecular weight excluding hydrogens is 224 g/mol. The molecule has 0 aliphatic carbocycles. The fourth-order valence-corrected chi connectivity index (χ4v) is 1.76. The number of hydrogen-bond acceptors (Lipinski definition) is 2. The molecule has 3 N–H and O–H groups in total. The monoisotopic (exact) mass is 248 g/mol. The Labute approximate surface area is 110 Å². The number of rotatable bonds is 5. The van der Waals surface area contributed by atoms with Gasteiger partial charge in [-0.3, -0.25) is 4.79 Å². The fraction of sp³-hybridized carbons (Fsp3) is 0.533. The van der Waals surface area contributed by atoms with Gasteiger partial charge < -0.3 is 11.1 Å². The lowest BCUT2D eigenvalue weighted by Crippen LogP contribution is -2.45. The van der Waals surface area contributed by atoms with E-state index in [4.69, 9.17) is 5.73 Å². The van der Waals surface area contributed by atoms with E-state index in [0.717, 1.165) is 12.0 Å². The maximum atomic E-state index is 12.0. The smallest absolute Gasteiger partial charge is 0.237 e. The van der Waals surface area contributed by atoms with E-state index in [1.165, 1.54) is 5.56 Å². The van der Waals surface area contributed by atoms with Crippen LogP contribution >= 0.6 is 0 Å². The summed E-state index contributed by atoms with van der Waals surface area (Å²) in [5.74, 6) is 0.132. The second-order valence-corrected chi connectivity index (χ2v) is 5.05. The van der Waals surface area contributed by atoms with Gasteiger partial charge in [-0.15, -0.1) is 0 Å². The third kappa shape index (κ3) is 3.84. The average Bonchev–Trinajstić information content (AvgIpc) is 2.37. The summed E-state index contributed by atoms with van der Waals surface area (Å²) in [7, 11) is 0. The van der Waals surface area contributed by atoms with Crippen LogP contribution in [0.4, 0.5) is 0 Å². The summed E-state index contributed by atoms with van der Waals surface area (Å²) in [5, 5.41) is 2.97. The van der Waals surface area contributed by atoms with E-state index in [2.05, 4.69) is 5.32 Å². The van der Waals surface area contributed by atoms with Crippen LogP contribution in [0.3, 0.4) is 0 Å². The topological polar surface area (TPSA) is 55.1 Å². The predicted molar refractivity (Wildman–Crippen MR) is 75.2 cm³/mol. The molecule has 1 rings (SSSR count). The fourth-order valence-electron chi connectivity index (χ4n) is 1.76. The molecule has 2 unspecified atom stereocenters. The van der Waals surface area contributed by atoms with Crippen molar-refractivity contribution in [2.75, 3.05) is 0 Å². The summed E-state index contributed by atoms with van der Waals surface area (Å²) >= 11 is 0. The van der Waals surface area contributed by atoms with E-state index in [1.54, 1.807) is 0 Å². The van der Waals surface area contributed by atoms with E-state index in [1.807, 2.05) is 52.0 Å². The van der Waals surface area contributed by atoms with Crippen molar-refractivity contribution in [2.45, 2.75) is 46.2 Å². The van der Waals surface area contributed by atoms with Crippen LogP contribution in [0.2, 0.25) is 0 Å². The van der Waals surface area contributed by atoms with E-state index < -0.39 is 6.04 Å². The Morgan fingerprint density at radius 2 is 1.83 bits per heavy atom. The number of aryl methyl sites for hydroxylation is 1. The Bertz CT molecular complexity index is 386. The molecule has 3 atom stereocenters. The van der Waals surface area contributed by atoms with E-state index in [0.29, 0.717) is 0 Å². The Kier molecular flexibility index (Phi) is 5.35. The van der Waals surface area contributed by atoms with Crippen molar-refractivity contribution in [3.8, 4) is 0 Å². The molecule has 1 aromatic carbocycles. The SMILES string of the molecule is CCC(C)[C@H](N)C(=O)NC(C)c1ccc(C)cc1. The molecule has 1 amide bonds. The van der Waals surface area contributed by atoms with Crippen LogP contribution in [-0.4, -0.2) is 11.9 Å². The van der Waals surface area contributed by atoms with Gasteiger partial charge >= 0.3 is 0 Å². The van der Waals surface area contributed by atoms with Crippen molar-refractivity contribution in [2.24, 2.45) is 11.7 Å². The van der Waals surface area contributed by atoms with Crippen LogP contribution < -0.4 is 11.1 Å². The molecule has 0 heterocycles. The highest BCUT2D eigenvalue weighted by atomic mass is 16.2. The third-order valence-corrected chi connectivity index (χ3v) is 3.50. The molecule has 1 aromatic rings. The van der Waals surface area contributed by atoms with Crippen molar-refractivity contribution in [1.82, 2.24) is 5.32 Å². The number of carbonyl (C=O) groups is 1. The van der Waals surface area contributed by atoms with Gasteiger partial charge in [-0.2, -0.15) is 0 Å². The van der Waals surface area contributed by atoms with Crippen LogP contribution in [-0.2, 0) is 4.79 Å². The van der Waals surface area contributed by atoms with Crippen molar-refractivity contribution in [3.05, 3.63) is 35.4 Å². The zero-order valence-corrected chi connectivity index (χ0v) is 11.7. The van der Waals surface area contributed by atoms with Gasteiger partial charge in [0.25, 0.3) is 0 Å². The lowest BCUT2D eigenvalue weighted by Gasteiger charge is -2.21. The Hall–Kier alpha value is -1.35. The Morgan fingerprint density at radius 1 is 1.28 bits per heavy atom. The Morgan fingerprint density at radius 3 is 2.33 bits per heavy atom. The van der Waals surface area contributed by atoms with Gasteiger partial charge in [0.1, 0.15) is 0 Å². The first-order chi connectivity index (χ1) is 8.45. The zero-order valence-electron chi connectivity index (χ0n) is 11.7. The minimum absolute atomic E-state index is 0.00629. The minimum atomic E-state index is -0.428. The van der Waals surface area contributed by atoms with Gasteiger partial charge in [0.05, 0.1) is 12.1 Å². The van der Waals surface area contributed by atoms with Gasteiger partial charge in [-0.25, -0.2) is 0 Å². The number of nitrogens with one attached hydrogen (secondary N) is 1. The molecule has 3 heteroatoms. The zero-order chi connectivity index (χ0) is 13.7. The van der Waals surface area contributed by atoms with Gasteiger partial charge in [0.2, 0.25) is 5.91 Å². The molecule has 0 bridgehead atoms. The van der Waals surface area contributed by atoms with Crippen molar-refractivity contribution >= 4 is 5.91 Å². The van der Waals surface area contributed by atoms with E-state index in [-0.39, 0.29) is 17.9 Å². The number of amides is 1. The molecule has 18 heavy (non-hydrogen) atoms. The van der Waals surface area contributed by atoms with Crippen LogP contribution in [0.15, 0.2) is 24.3 Å². The standard InChI is InChI=1S/C15H24N2O/c1-5-11(3)14(16)15(18)17-12(4)13-8-6-10(2)7-9-13/h6-9,11-12,14H,5,16H2,1-4H3,(H,17,18)/t11?,12?,14-/m0/s1. The lowest BCUT2D eigenvalue weighted by atomic mass is 9.98. The molecule has 0 radical (unpaired) electrons. The predicted octanol–water partition coefficient (Wildman–Crippen LogP) is 2.55. The summed E-state index contributed by atoms with van der Waals surface area (Å²) in [5.41, 5.74) is 8.23. The van der Waals surface area contributed by atoms with Crippen molar-refractivity contribution < 1.29 is 4.79 Å². The molecule has 0 saturated carbocycles. The second-order valence-electron chi connectivity index (χ2n) is 5.05. The molecule has 0 aliphatic heterocycles. The average molecular weight is 248 g/mol. The molecule has 0 fully saturated rings. The van der Waals surface area contributed by atoms with Crippen LogP contribution in [0.25, 0.3) is 0 Å². The van der Waals surface area contributed by atoms with Crippen molar-refractivity contribution in [3.63, 3.8) is 0 Å².